The summed E-state index contributed by atoms with van der Waals surface area (Å²) in [5.41, 5.74) is 4.05. The van der Waals surface area contributed by atoms with E-state index in [1.54, 1.807) is 0 Å². The first-order chi connectivity index (χ1) is 9.31. The minimum atomic E-state index is -4.68. The van der Waals surface area contributed by atoms with Gasteiger partial charge < -0.3 is 10.6 Å². The zero-order valence-electron chi connectivity index (χ0n) is 10.6. The standard InChI is InChI=1S/C13H14F4N2O/c14-11-4-9(3-10(5-11)13(15,16)17)12(20)19-2-1-8(6-18)7-19/h3-5,8H,1-2,6-7,18H2. The zero-order chi connectivity index (χ0) is 14.9. The predicted molar refractivity (Wildman–Crippen MR) is 64.5 cm³/mol. The molecule has 1 aliphatic heterocycles. The highest BCUT2D eigenvalue weighted by molar-refractivity contribution is 5.94. The summed E-state index contributed by atoms with van der Waals surface area (Å²) in [6, 6.07) is 1.89. The van der Waals surface area contributed by atoms with E-state index in [4.69, 9.17) is 5.73 Å². The number of nitrogens with two attached hydrogens (primary N) is 1. The number of hydrogen-bond donors (Lipinski definition) is 1. The molecular formula is C13H14F4N2O. The molecule has 1 heterocycles. The Hall–Kier alpha value is -1.63. The van der Waals surface area contributed by atoms with Gasteiger partial charge in [-0.2, -0.15) is 13.2 Å². The summed E-state index contributed by atoms with van der Waals surface area (Å²) in [5.74, 6) is -1.52. The fourth-order valence-electron chi connectivity index (χ4n) is 2.27. The van der Waals surface area contributed by atoms with E-state index in [1.807, 2.05) is 0 Å². The van der Waals surface area contributed by atoms with Crippen LogP contribution in [0.15, 0.2) is 18.2 Å². The molecule has 1 unspecified atom stereocenters. The molecule has 1 amide bonds. The molecule has 0 aliphatic carbocycles. The van der Waals surface area contributed by atoms with Crippen LogP contribution >= 0.6 is 0 Å². The van der Waals surface area contributed by atoms with Crippen LogP contribution in [-0.4, -0.2) is 30.4 Å². The van der Waals surface area contributed by atoms with Crippen LogP contribution in [0.1, 0.15) is 22.3 Å². The fourth-order valence-corrected chi connectivity index (χ4v) is 2.27. The van der Waals surface area contributed by atoms with Crippen molar-refractivity contribution in [3.05, 3.63) is 35.1 Å². The molecular weight excluding hydrogens is 276 g/mol. The van der Waals surface area contributed by atoms with Crippen LogP contribution in [-0.2, 0) is 6.18 Å². The van der Waals surface area contributed by atoms with Crippen LogP contribution in [0.5, 0.6) is 0 Å². The van der Waals surface area contributed by atoms with Gasteiger partial charge in [0.15, 0.2) is 0 Å². The van der Waals surface area contributed by atoms with E-state index >= 15 is 0 Å². The molecule has 0 radical (unpaired) electrons. The Balaban J connectivity index is 2.24. The normalized spacial score (nSPS) is 19.4. The number of alkyl halides is 3. The van der Waals surface area contributed by atoms with Gasteiger partial charge in [-0.15, -0.1) is 0 Å². The van der Waals surface area contributed by atoms with E-state index in [-0.39, 0.29) is 11.5 Å². The molecule has 2 N–H and O–H groups in total. The largest absolute Gasteiger partial charge is 0.416 e. The molecule has 20 heavy (non-hydrogen) atoms. The van der Waals surface area contributed by atoms with E-state index in [0.29, 0.717) is 38.2 Å². The maximum absolute atomic E-state index is 13.3. The summed E-state index contributed by atoms with van der Waals surface area (Å²) < 4.78 is 51.0. The Morgan fingerprint density at radius 2 is 2.05 bits per heavy atom. The maximum atomic E-state index is 13.3. The van der Waals surface area contributed by atoms with Crippen molar-refractivity contribution >= 4 is 5.91 Å². The fraction of sp³-hybridized carbons (Fsp3) is 0.462. The smallest absolute Gasteiger partial charge is 0.338 e. The van der Waals surface area contributed by atoms with Gasteiger partial charge in [0.25, 0.3) is 5.91 Å². The Labute approximate surface area is 113 Å². The SMILES string of the molecule is NCC1CCN(C(=O)c2cc(F)cc(C(F)(F)F)c2)C1. The van der Waals surface area contributed by atoms with Crippen molar-refractivity contribution < 1.29 is 22.4 Å². The van der Waals surface area contributed by atoms with Crippen LogP contribution in [0.25, 0.3) is 0 Å². The lowest BCUT2D eigenvalue weighted by molar-refractivity contribution is -0.137. The van der Waals surface area contributed by atoms with Gasteiger partial charge >= 0.3 is 6.18 Å². The van der Waals surface area contributed by atoms with Crippen molar-refractivity contribution in [1.29, 1.82) is 0 Å². The number of carbonyl (C=O) groups is 1. The van der Waals surface area contributed by atoms with Crippen LogP contribution in [0.4, 0.5) is 17.6 Å². The van der Waals surface area contributed by atoms with E-state index in [0.717, 1.165) is 6.07 Å². The lowest BCUT2D eigenvalue weighted by atomic mass is 10.1. The zero-order valence-corrected chi connectivity index (χ0v) is 10.6. The first-order valence-corrected chi connectivity index (χ1v) is 6.18. The average molecular weight is 290 g/mol. The highest BCUT2D eigenvalue weighted by Crippen LogP contribution is 2.31. The number of rotatable bonds is 2. The average Bonchev–Trinajstić information content (AvgIpc) is 2.84. The Morgan fingerprint density at radius 1 is 1.35 bits per heavy atom. The molecule has 0 bridgehead atoms. The van der Waals surface area contributed by atoms with Crippen LogP contribution in [0, 0.1) is 11.7 Å². The predicted octanol–water partition coefficient (Wildman–Crippen LogP) is 2.27. The number of amides is 1. The molecule has 1 saturated heterocycles. The number of nitrogens with zero attached hydrogens (tertiary/aromatic N) is 1. The number of carbonyl (C=O) groups excluding carboxylic acids is 1. The second-order valence-electron chi connectivity index (χ2n) is 4.87. The van der Waals surface area contributed by atoms with Crippen molar-refractivity contribution in [2.24, 2.45) is 11.7 Å². The highest BCUT2D eigenvalue weighted by atomic mass is 19.4. The summed E-state index contributed by atoms with van der Waals surface area (Å²) in [6.45, 7) is 1.24. The van der Waals surface area contributed by atoms with Gasteiger partial charge in [-0.1, -0.05) is 0 Å². The lowest BCUT2D eigenvalue weighted by Gasteiger charge is -2.17. The molecule has 0 spiro atoms. The Bertz CT molecular complexity index is 516. The summed E-state index contributed by atoms with van der Waals surface area (Å²) in [6.07, 6.45) is -3.97. The number of hydrogen-bond acceptors (Lipinski definition) is 2. The van der Waals surface area contributed by atoms with Crippen molar-refractivity contribution in [2.75, 3.05) is 19.6 Å². The molecule has 7 heteroatoms. The first kappa shape index (κ1) is 14.8. The second kappa shape index (κ2) is 5.40. The maximum Gasteiger partial charge on any atom is 0.416 e. The third kappa shape index (κ3) is 3.09. The molecule has 1 fully saturated rings. The molecule has 1 atom stereocenters. The molecule has 3 nitrogen and oxygen atoms in total. The second-order valence-corrected chi connectivity index (χ2v) is 4.87. The molecule has 0 aromatic heterocycles. The van der Waals surface area contributed by atoms with Crippen LogP contribution < -0.4 is 5.73 Å². The molecule has 0 saturated carbocycles. The topological polar surface area (TPSA) is 46.3 Å². The number of halogens is 4. The molecule has 1 aliphatic rings. The minimum absolute atomic E-state index is 0.148. The van der Waals surface area contributed by atoms with Crippen molar-refractivity contribution in [3.8, 4) is 0 Å². The quantitative estimate of drug-likeness (QED) is 0.849. The van der Waals surface area contributed by atoms with Crippen LogP contribution in [0.2, 0.25) is 0 Å². The summed E-state index contributed by atoms with van der Waals surface area (Å²) in [5, 5.41) is 0. The lowest BCUT2D eigenvalue weighted by Crippen LogP contribution is -2.30. The number of benzene rings is 1. The van der Waals surface area contributed by atoms with E-state index in [1.165, 1.54) is 4.90 Å². The number of likely N-dealkylation sites (tertiary alicyclic amines) is 1. The highest BCUT2D eigenvalue weighted by Gasteiger charge is 2.33. The summed E-state index contributed by atoms with van der Waals surface area (Å²) in [7, 11) is 0. The Morgan fingerprint density at radius 3 is 2.60 bits per heavy atom. The first-order valence-electron chi connectivity index (χ1n) is 6.18. The molecule has 1 aromatic carbocycles. The minimum Gasteiger partial charge on any atom is -0.338 e. The Kier molecular flexibility index (Phi) is 3.99. The third-order valence-electron chi connectivity index (χ3n) is 3.38. The van der Waals surface area contributed by atoms with Gasteiger partial charge in [-0.3, -0.25) is 4.79 Å². The monoisotopic (exact) mass is 290 g/mol. The molecule has 1 aromatic rings. The molecule has 2 rings (SSSR count). The van der Waals surface area contributed by atoms with Gasteiger partial charge in [-0.05, 0) is 37.1 Å². The third-order valence-corrected chi connectivity index (χ3v) is 3.38. The van der Waals surface area contributed by atoms with Crippen molar-refractivity contribution in [2.45, 2.75) is 12.6 Å². The van der Waals surface area contributed by atoms with Gasteiger partial charge in [-0.25, -0.2) is 4.39 Å². The van der Waals surface area contributed by atoms with Gasteiger partial charge in [0, 0.05) is 18.7 Å². The summed E-state index contributed by atoms with van der Waals surface area (Å²) in [4.78, 5) is 13.5. The van der Waals surface area contributed by atoms with Crippen molar-refractivity contribution in [3.63, 3.8) is 0 Å². The van der Waals surface area contributed by atoms with E-state index in [2.05, 4.69) is 0 Å². The molecule has 110 valence electrons. The van der Waals surface area contributed by atoms with Gasteiger partial charge in [0.1, 0.15) is 5.82 Å². The summed E-state index contributed by atoms with van der Waals surface area (Å²) >= 11 is 0. The van der Waals surface area contributed by atoms with E-state index < -0.39 is 23.5 Å². The van der Waals surface area contributed by atoms with E-state index in [9.17, 15) is 22.4 Å². The van der Waals surface area contributed by atoms with Gasteiger partial charge in [0.05, 0.1) is 5.56 Å². The van der Waals surface area contributed by atoms with Crippen molar-refractivity contribution in [1.82, 2.24) is 4.90 Å². The van der Waals surface area contributed by atoms with Crippen LogP contribution in [0.3, 0.4) is 0 Å². The van der Waals surface area contributed by atoms with Gasteiger partial charge in [0.2, 0.25) is 0 Å².